The van der Waals surface area contributed by atoms with Crippen molar-refractivity contribution in [1.82, 2.24) is 10.2 Å². The van der Waals surface area contributed by atoms with Crippen LogP contribution in [0.15, 0.2) is 23.2 Å². The van der Waals surface area contributed by atoms with Crippen molar-refractivity contribution in [2.24, 2.45) is 0 Å². The maximum absolute atomic E-state index is 5.86. The number of nitrogen functional groups attached to an aromatic ring is 1. The van der Waals surface area contributed by atoms with Crippen LogP contribution in [-0.2, 0) is 0 Å². The highest BCUT2D eigenvalue weighted by Gasteiger charge is 2.15. The number of nitrogens with zero attached hydrogens (tertiary/aromatic N) is 1. The van der Waals surface area contributed by atoms with Gasteiger partial charge in [0, 0.05) is 5.56 Å². The van der Waals surface area contributed by atoms with Crippen LogP contribution in [-0.4, -0.2) is 30.7 Å². The average Bonchev–Trinajstić information content (AvgIpc) is 2.83. The minimum atomic E-state index is 0.576. The van der Waals surface area contributed by atoms with Gasteiger partial charge in [-0.3, -0.25) is 5.10 Å². The van der Waals surface area contributed by atoms with E-state index in [-0.39, 0.29) is 0 Å². The third kappa shape index (κ3) is 2.11. The number of thioether (sulfide) groups is 1. The first kappa shape index (κ1) is 12.6. The van der Waals surface area contributed by atoms with Gasteiger partial charge in [-0.2, -0.15) is 5.10 Å². The number of nitrogens with one attached hydrogen (secondary N) is 1. The second-order valence-electron chi connectivity index (χ2n) is 3.61. The van der Waals surface area contributed by atoms with Crippen molar-refractivity contribution in [2.45, 2.75) is 4.90 Å². The predicted molar refractivity (Wildman–Crippen MR) is 73.3 cm³/mol. The molecule has 6 heteroatoms. The lowest BCUT2D eigenvalue weighted by Crippen LogP contribution is -1.95. The minimum Gasteiger partial charge on any atom is -0.496 e. The van der Waals surface area contributed by atoms with Crippen LogP contribution in [0.2, 0.25) is 0 Å². The maximum Gasteiger partial charge on any atom is 0.133 e. The second-order valence-corrected chi connectivity index (χ2v) is 4.46. The number of rotatable bonds is 4. The molecule has 0 aliphatic heterocycles. The number of methoxy groups -OCH3 is 2. The monoisotopic (exact) mass is 265 g/mol. The first-order chi connectivity index (χ1) is 8.71. The normalized spacial score (nSPS) is 10.4. The molecule has 0 aliphatic rings. The molecule has 0 radical (unpaired) electrons. The molecule has 3 N–H and O–H groups in total. The van der Waals surface area contributed by atoms with E-state index in [9.17, 15) is 0 Å². The van der Waals surface area contributed by atoms with Gasteiger partial charge in [0.2, 0.25) is 0 Å². The van der Waals surface area contributed by atoms with Crippen LogP contribution < -0.4 is 15.2 Å². The summed E-state index contributed by atoms with van der Waals surface area (Å²) < 4.78 is 10.8. The lowest BCUT2D eigenvalue weighted by Gasteiger charge is -2.13. The Labute approximate surface area is 110 Å². The van der Waals surface area contributed by atoms with E-state index in [4.69, 9.17) is 15.2 Å². The van der Waals surface area contributed by atoms with E-state index >= 15 is 0 Å². The van der Waals surface area contributed by atoms with E-state index < -0.39 is 0 Å². The largest absolute Gasteiger partial charge is 0.496 e. The molecule has 0 fully saturated rings. The van der Waals surface area contributed by atoms with Gasteiger partial charge in [-0.05, 0) is 18.4 Å². The van der Waals surface area contributed by atoms with Gasteiger partial charge in [0.05, 0.1) is 36.7 Å². The van der Waals surface area contributed by atoms with Crippen molar-refractivity contribution in [1.29, 1.82) is 0 Å². The topological polar surface area (TPSA) is 73.2 Å². The van der Waals surface area contributed by atoms with Gasteiger partial charge in [-0.25, -0.2) is 0 Å². The van der Waals surface area contributed by atoms with Crippen LogP contribution in [0.3, 0.4) is 0 Å². The van der Waals surface area contributed by atoms with Gasteiger partial charge in [0.1, 0.15) is 11.5 Å². The summed E-state index contributed by atoms with van der Waals surface area (Å²) in [5.74, 6) is 1.52. The molecule has 0 spiro atoms. The number of aromatic amines is 1. The van der Waals surface area contributed by atoms with Gasteiger partial charge < -0.3 is 15.2 Å². The molecule has 0 unspecified atom stereocenters. The first-order valence-electron chi connectivity index (χ1n) is 5.30. The van der Waals surface area contributed by atoms with Gasteiger partial charge in [-0.15, -0.1) is 11.8 Å². The van der Waals surface area contributed by atoms with E-state index in [1.165, 1.54) is 0 Å². The van der Waals surface area contributed by atoms with E-state index in [0.29, 0.717) is 5.69 Å². The Morgan fingerprint density at radius 1 is 1.22 bits per heavy atom. The van der Waals surface area contributed by atoms with Crippen LogP contribution in [0.4, 0.5) is 5.69 Å². The molecule has 1 aromatic heterocycles. The molecule has 5 nitrogen and oxygen atoms in total. The van der Waals surface area contributed by atoms with Gasteiger partial charge >= 0.3 is 0 Å². The molecular formula is C12H15N3O2S. The quantitative estimate of drug-likeness (QED) is 0.830. The summed E-state index contributed by atoms with van der Waals surface area (Å²) >= 11 is 1.60. The number of anilines is 1. The summed E-state index contributed by atoms with van der Waals surface area (Å²) in [7, 11) is 3.27. The fraction of sp³-hybridized carbons (Fsp3) is 0.250. The molecule has 0 saturated heterocycles. The number of ether oxygens (including phenoxy) is 2. The molecule has 2 rings (SSSR count). The average molecular weight is 265 g/mol. The Bertz CT molecular complexity index is 554. The SMILES string of the molecule is COc1cc(-c2[nH]ncc2N)c(OC)cc1SC. The Kier molecular flexibility index (Phi) is 3.66. The number of nitrogens with two attached hydrogens (primary N) is 1. The van der Waals surface area contributed by atoms with E-state index in [1.54, 1.807) is 32.2 Å². The summed E-state index contributed by atoms with van der Waals surface area (Å²) in [6, 6.07) is 3.83. The number of hydrogen-bond acceptors (Lipinski definition) is 5. The third-order valence-corrected chi connectivity index (χ3v) is 3.40. The van der Waals surface area contributed by atoms with Crippen molar-refractivity contribution in [2.75, 3.05) is 26.2 Å². The van der Waals surface area contributed by atoms with E-state index in [1.807, 2.05) is 18.4 Å². The zero-order valence-corrected chi connectivity index (χ0v) is 11.3. The lowest BCUT2D eigenvalue weighted by atomic mass is 10.1. The Balaban J connectivity index is 2.62. The molecule has 18 heavy (non-hydrogen) atoms. The smallest absolute Gasteiger partial charge is 0.133 e. The molecule has 0 bridgehead atoms. The zero-order chi connectivity index (χ0) is 13.1. The van der Waals surface area contributed by atoms with Crippen LogP contribution in [0.1, 0.15) is 0 Å². The summed E-state index contributed by atoms with van der Waals surface area (Å²) in [6.45, 7) is 0. The van der Waals surface area contributed by atoms with Crippen molar-refractivity contribution in [3.05, 3.63) is 18.3 Å². The van der Waals surface area contributed by atoms with Crippen LogP contribution >= 0.6 is 11.8 Å². The van der Waals surface area contributed by atoms with Gasteiger partial charge in [0.15, 0.2) is 0 Å². The highest BCUT2D eigenvalue weighted by molar-refractivity contribution is 7.98. The Morgan fingerprint density at radius 2 is 1.94 bits per heavy atom. The third-order valence-electron chi connectivity index (χ3n) is 2.64. The summed E-state index contributed by atoms with van der Waals surface area (Å²) in [5, 5.41) is 6.79. The molecule has 1 aromatic carbocycles. The van der Waals surface area contributed by atoms with Crippen molar-refractivity contribution in [3.8, 4) is 22.8 Å². The standard InChI is InChI=1S/C12H15N3O2S/c1-16-9-5-11(18-3)10(17-2)4-7(9)12-8(13)6-14-15-12/h4-6H,13H2,1-3H3,(H,14,15). The molecule has 2 aromatic rings. The fourth-order valence-corrected chi connectivity index (χ4v) is 2.30. The summed E-state index contributed by atoms with van der Waals surface area (Å²) in [4.78, 5) is 1.01. The molecule has 0 aliphatic carbocycles. The first-order valence-corrected chi connectivity index (χ1v) is 6.53. The van der Waals surface area contributed by atoms with Crippen molar-refractivity contribution < 1.29 is 9.47 Å². The molecule has 96 valence electrons. The van der Waals surface area contributed by atoms with Crippen LogP contribution in [0.5, 0.6) is 11.5 Å². The number of benzene rings is 1. The molecule has 0 saturated carbocycles. The summed E-state index contributed by atoms with van der Waals surface area (Å²) in [5.41, 5.74) is 8.01. The number of hydrogen-bond donors (Lipinski definition) is 2. The summed E-state index contributed by atoms with van der Waals surface area (Å²) in [6.07, 6.45) is 3.56. The predicted octanol–water partition coefficient (Wildman–Crippen LogP) is 2.40. The minimum absolute atomic E-state index is 0.576. The van der Waals surface area contributed by atoms with E-state index in [2.05, 4.69) is 10.2 Å². The van der Waals surface area contributed by atoms with Crippen molar-refractivity contribution >= 4 is 17.4 Å². The highest BCUT2D eigenvalue weighted by atomic mass is 32.2. The second kappa shape index (κ2) is 5.22. The molecule has 0 atom stereocenters. The number of aromatic nitrogens is 2. The van der Waals surface area contributed by atoms with Crippen LogP contribution in [0, 0.1) is 0 Å². The van der Waals surface area contributed by atoms with Crippen LogP contribution in [0.25, 0.3) is 11.3 Å². The maximum atomic E-state index is 5.86. The van der Waals surface area contributed by atoms with Gasteiger partial charge in [0.25, 0.3) is 0 Å². The molecule has 1 heterocycles. The zero-order valence-electron chi connectivity index (χ0n) is 10.5. The van der Waals surface area contributed by atoms with E-state index in [0.717, 1.165) is 27.7 Å². The molecule has 0 amide bonds. The Morgan fingerprint density at radius 3 is 2.44 bits per heavy atom. The molecular weight excluding hydrogens is 250 g/mol. The highest BCUT2D eigenvalue weighted by Crippen LogP contribution is 2.40. The lowest BCUT2D eigenvalue weighted by molar-refractivity contribution is 0.395. The van der Waals surface area contributed by atoms with Crippen molar-refractivity contribution in [3.63, 3.8) is 0 Å². The number of H-pyrrole nitrogens is 1. The fourth-order valence-electron chi connectivity index (χ4n) is 1.74. The van der Waals surface area contributed by atoms with Gasteiger partial charge in [-0.1, -0.05) is 0 Å². The Hall–Kier alpha value is -1.82.